The van der Waals surface area contributed by atoms with E-state index in [9.17, 15) is 0 Å². The van der Waals surface area contributed by atoms with Crippen LogP contribution in [0.25, 0.3) is 0 Å². The van der Waals surface area contributed by atoms with Crippen LogP contribution in [0.15, 0.2) is 12.1 Å². The average molecular weight is 174 g/mol. The molecule has 1 rings (SSSR count). The van der Waals surface area contributed by atoms with E-state index in [1.165, 1.54) is 0 Å². The molecule has 0 atom stereocenters. The van der Waals surface area contributed by atoms with Crippen LogP contribution in [-0.2, 0) is 0 Å². The van der Waals surface area contributed by atoms with Gasteiger partial charge in [-0.2, -0.15) is 0 Å². The van der Waals surface area contributed by atoms with Crippen LogP contribution in [0.4, 0.5) is 5.69 Å². The van der Waals surface area contributed by atoms with Gasteiger partial charge in [-0.1, -0.05) is 28.7 Å². The van der Waals surface area contributed by atoms with Crippen molar-refractivity contribution in [3.05, 3.63) is 22.2 Å². The molecule has 0 aromatic heterocycles. The van der Waals surface area contributed by atoms with E-state index in [1.54, 1.807) is 12.1 Å². The lowest BCUT2D eigenvalue weighted by molar-refractivity contribution is 1.73. The van der Waals surface area contributed by atoms with Crippen LogP contribution in [0, 0.1) is 0 Å². The average Bonchev–Trinajstić information content (AvgIpc) is 1.84. The second kappa shape index (κ2) is 2.73. The molecule has 0 aliphatic heterocycles. The van der Waals surface area contributed by atoms with Crippen LogP contribution in [0.1, 0.15) is 0 Å². The first-order chi connectivity index (χ1) is 4.61. The molecule has 10 heavy (non-hydrogen) atoms. The topological polar surface area (TPSA) is 26.0 Å². The van der Waals surface area contributed by atoms with Gasteiger partial charge in [-0.25, -0.2) is 0 Å². The minimum atomic E-state index is 0.510. The lowest BCUT2D eigenvalue weighted by atomic mass is 9.96. The summed E-state index contributed by atoms with van der Waals surface area (Å²) in [7, 11) is 1.88. The highest BCUT2D eigenvalue weighted by atomic mass is 35.5. The summed E-state index contributed by atoms with van der Waals surface area (Å²) in [6.07, 6.45) is 0. The molecule has 0 aliphatic rings. The molecule has 0 aliphatic carbocycles. The van der Waals surface area contributed by atoms with Gasteiger partial charge in [0.05, 0.1) is 5.02 Å². The predicted octanol–water partition coefficient (Wildman–Crippen LogP) is 0.834. The summed E-state index contributed by atoms with van der Waals surface area (Å²) in [4.78, 5) is 0. The molecule has 4 heteroatoms. The summed E-state index contributed by atoms with van der Waals surface area (Å²) in [5.74, 6) is 0. The summed E-state index contributed by atoms with van der Waals surface area (Å²) >= 11 is 11.4. The predicted molar refractivity (Wildman–Crippen MR) is 49.1 cm³/mol. The number of hydrogen-bond acceptors (Lipinski definition) is 1. The molecular weight excluding hydrogens is 168 g/mol. The molecule has 1 nitrogen and oxygen atoms in total. The van der Waals surface area contributed by atoms with E-state index >= 15 is 0 Å². The van der Waals surface area contributed by atoms with Crippen molar-refractivity contribution in [1.82, 2.24) is 0 Å². The van der Waals surface area contributed by atoms with Crippen LogP contribution in [0.2, 0.25) is 10.0 Å². The van der Waals surface area contributed by atoms with E-state index in [2.05, 4.69) is 0 Å². The molecule has 0 saturated heterocycles. The minimum Gasteiger partial charge on any atom is -0.398 e. The van der Waals surface area contributed by atoms with Gasteiger partial charge in [-0.05, 0) is 12.1 Å². The molecule has 0 unspecified atom stereocenters. The van der Waals surface area contributed by atoms with Crippen LogP contribution in [-0.4, -0.2) is 7.85 Å². The van der Waals surface area contributed by atoms with Crippen molar-refractivity contribution in [3.63, 3.8) is 0 Å². The SMILES string of the molecule is Bc1cc(N)c(Cl)cc1Cl. The Labute approximate surface area is 70.5 Å². The van der Waals surface area contributed by atoms with Gasteiger partial charge in [-0.3, -0.25) is 0 Å². The highest BCUT2D eigenvalue weighted by molar-refractivity contribution is 6.46. The third-order valence-corrected chi connectivity index (χ3v) is 2.01. The standard InChI is InChI=1S/C6H6BCl2N/c7-3-1-6(10)5(9)2-4(3)8/h1-2H,7,10H2. The summed E-state index contributed by atoms with van der Waals surface area (Å²) in [5, 5.41) is 1.16. The highest BCUT2D eigenvalue weighted by Crippen LogP contribution is 2.20. The molecule has 0 saturated carbocycles. The number of benzene rings is 1. The zero-order chi connectivity index (χ0) is 7.72. The molecule has 52 valence electrons. The highest BCUT2D eigenvalue weighted by Gasteiger charge is 1.99. The number of nitrogens with two attached hydrogens (primary N) is 1. The number of halogens is 2. The number of hydrogen-bond donors (Lipinski definition) is 1. The van der Waals surface area contributed by atoms with E-state index in [4.69, 9.17) is 28.9 Å². The van der Waals surface area contributed by atoms with Crippen LogP contribution >= 0.6 is 23.2 Å². The van der Waals surface area contributed by atoms with Crippen LogP contribution < -0.4 is 11.2 Å². The minimum absolute atomic E-state index is 0.510. The molecule has 0 fully saturated rings. The van der Waals surface area contributed by atoms with Gasteiger partial charge in [0.1, 0.15) is 7.85 Å². The summed E-state index contributed by atoms with van der Waals surface area (Å²) < 4.78 is 0. The fraction of sp³-hybridized carbons (Fsp3) is 0. The van der Waals surface area contributed by atoms with Gasteiger partial charge in [0, 0.05) is 10.7 Å². The smallest absolute Gasteiger partial charge is 0.141 e. The van der Waals surface area contributed by atoms with Crippen molar-refractivity contribution in [3.8, 4) is 0 Å². The van der Waals surface area contributed by atoms with Crippen molar-refractivity contribution in [1.29, 1.82) is 0 Å². The molecule has 0 amide bonds. The van der Waals surface area contributed by atoms with E-state index in [-0.39, 0.29) is 0 Å². The number of anilines is 1. The molecule has 0 radical (unpaired) electrons. The Hall–Kier alpha value is -0.335. The molecular formula is C6H6BCl2N. The maximum Gasteiger partial charge on any atom is 0.141 e. The lowest BCUT2D eigenvalue weighted by Gasteiger charge is -2.00. The summed E-state index contributed by atoms with van der Waals surface area (Å²) in [5.41, 5.74) is 7.02. The Morgan fingerprint density at radius 3 is 2.30 bits per heavy atom. The number of nitrogen functional groups attached to an aromatic ring is 1. The first-order valence-corrected chi connectivity index (χ1v) is 3.58. The van der Waals surface area contributed by atoms with Gasteiger partial charge >= 0.3 is 0 Å². The second-order valence-corrected chi connectivity index (χ2v) is 2.94. The van der Waals surface area contributed by atoms with E-state index in [0.717, 1.165) is 5.46 Å². The van der Waals surface area contributed by atoms with E-state index in [1.807, 2.05) is 7.85 Å². The normalized spacial score (nSPS) is 9.80. The van der Waals surface area contributed by atoms with Crippen LogP contribution in [0.3, 0.4) is 0 Å². The maximum atomic E-state index is 5.75. The number of rotatable bonds is 0. The molecule has 0 spiro atoms. The van der Waals surface area contributed by atoms with E-state index < -0.39 is 0 Å². The van der Waals surface area contributed by atoms with Crippen molar-refractivity contribution in [2.75, 3.05) is 5.73 Å². The third kappa shape index (κ3) is 1.39. The van der Waals surface area contributed by atoms with Gasteiger partial charge in [0.25, 0.3) is 0 Å². The van der Waals surface area contributed by atoms with Gasteiger partial charge in [-0.15, -0.1) is 0 Å². The first-order valence-electron chi connectivity index (χ1n) is 2.82. The zero-order valence-corrected chi connectivity index (χ0v) is 7.00. The quantitative estimate of drug-likeness (QED) is 0.457. The summed E-state index contributed by atoms with van der Waals surface area (Å²) in [6, 6.07) is 3.40. The van der Waals surface area contributed by atoms with Gasteiger partial charge in [0.15, 0.2) is 0 Å². The fourth-order valence-electron chi connectivity index (χ4n) is 0.680. The largest absolute Gasteiger partial charge is 0.398 e. The van der Waals surface area contributed by atoms with Crippen molar-refractivity contribution >= 4 is 42.2 Å². The van der Waals surface area contributed by atoms with E-state index in [0.29, 0.717) is 15.7 Å². The monoisotopic (exact) mass is 173 g/mol. The summed E-state index contributed by atoms with van der Waals surface area (Å²) in [6.45, 7) is 0. The molecule has 2 N–H and O–H groups in total. The fourth-order valence-corrected chi connectivity index (χ4v) is 1.06. The Kier molecular flexibility index (Phi) is 2.12. The Morgan fingerprint density at radius 2 is 1.80 bits per heavy atom. The van der Waals surface area contributed by atoms with Crippen molar-refractivity contribution in [2.45, 2.75) is 0 Å². The molecule has 1 aromatic carbocycles. The molecule has 0 heterocycles. The zero-order valence-electron chi connectivity index (χ0n) is 5.49. The van der Waals surface area contributed by atoms with Crippen molar-refractivity contribution in [2.24, 2.45) is 0 Å². The Balaban J connectivity index is 3.28. The van der Waals surface area contributed by atoms with Crippen LogP contribution in [0.5, 0.6) is 0 Å². The van der Waals surface area contributed by atoms with Crippen molar-refractivity contribution < 1.29 is 0 Å². The van der Waals surface area contributed by atoms with Gasteiger partial charge < -0.3 is 5.73 Å². The third-order valence-electron chi connectivity index (χ3n) is 1.28. The Bertz CT molecular complexity index is 212. The molecule has 1 aromatic rings. The molecule has 0 bridgehead atoms. The lowest BCUT2D eigenvalue weighted by Crippen LogP contribution is -2.05. The Morgan fingerprint density at radius 1 is 1.20 bits per heavy atom. The first kappa shape index (κ1) is 7.77. The van der Waals surface area contributed by atoms with Gasteiger partial charge in [0.2, 0.25) is 0 Å². The maximum absolute atomic E-state index is 5.75. The second-order valence-electron chi connectivity index (χ2n) is 2.12.